The number of nitrogens with zero attached hydrogens (tertiary/aromatic N) is 2. The van der Waals surface area contributed by atoms with Gasteiger partial charge in [-0.25, -0.2) is 8.42 Å². The van der Waals surface area contributed by atoms with Crippen LogP contribution in [-0.4, -0.2) is 42.2 Å². The minimum Gasteiger partial charge on any atom is -0.297 e. The van der Waals surface area contributed by atoms with Gasteiger partial charge in [0.15, 0.2) is 0 Å². The summed E-state index contributed by atoms with van der Waals surface area (Å²) in [5.41, 5.74) is 3.38. The smallest absolute Gasteiger partial charge is 0.243 e. The summed E-state index contributed by atoms with van der Waals surface area (Å²) in [4.78, 5) is 2.81. The predicted molar refractivity (Wildman–Crippen MR) is 102 cm³/mol. The summed E-state index contributed by atoms with van der Waals surface area (Å²) < 4.78 is 27.4. The van der Waals surface area contributed by atoms with Crippen molar-refractivity contribution in [2.24, 2.45) is 0 Å². The van der Waals surface area contributed by atoms with Crippen molar-refractivity contribution in [3.8, 4) is 0 Å². The maximum absolute atomic E-state index is 12.9. The monoisotopic (exact) mass is 374 g/mol. The Morgan fingerprint density at radius 1 is 0.880 bits per heavy atom. The van der Waals surface area contributed by atoms with Gasteiger partial charge in [0.1, 0.15) is 0 Å². The largest absolute Gasteiger partial charge is 0.297 e. The predicted octanol–water partition coefficient (Wildman–Crippen LogP) is 2.94. The third-order valence-electron chi connectivity index (χ3n) is 4.88. The third kappa shape index (κ3) is 3.62. The van der Waals surface area contributed by atoms with E-state index >= 15 is 0 Å². The molecule has 2 heterocycles. The first kappa shape index (κ1) is 17.1. The minimum absolute atomic E-state index is 0.387. The van der Waals surface area contributed by atoms with E-state index in [2.05, 4.69) is 4.90 Å². The quantitative estimate of drug-likeness (QED) is 0.825. The van der Waals surface area contributed by atoms with Crippen molar-refractivity contribution in [3.05, 3.63) is 65.2 Å². The number of benzene rings is 2. The Morgan fingerprint density at radius 3 is 2.08 bits per heavy atom. The van der Waals surface area contributed by atoms with Crippen LogP contribution >= 0.6 is 11.8 Å². The van der Waals surface area contributed by atoms with Crippen molar-refractivity contribution in [2.75, 3.05) is 24.6 Å². The van der Waals surface area contributed by atoms with Crippen LogP contribution in [0.5, 0.6) is 0 Å². The molecule has 2 aromatic rings. The number of thioether (sulfide) groups is 1. The Morgan fingerprint density at radius 2 is 1.48 bits per heavy atom. The molecule has 1 saturated heterocycles. The van der Waals surface area contributed by atoms with Crippen LogP contribution in [0.2, 0.25) is 0 Å². The summed E-state index contributed by atoms with van der Waals surface area (Å²) in [6.07, 6.45) is 0. The van der Waals surface area contributed by atoms with E-state index in [1.807, 2.05) is 48.2 Å². The molecule has 0 saturated carbocycles. The van der Waals surface area contributed by atoms with Crippen LogP contribution in [0, 0.1) is 0 Å². The Hall–Kier alpha value is -1.34. The zero-order valence-electron chi connectivity index (χ0n) is 14.1. The molecule has 0 aromatic heterocycles. The van der Waals surface area contributed by atoms with Gasteiger partial charge >= 0.3 is 0 Å². The lowest BCUT2D eigenvalue weighted by atomic mass is 10.1. The second-order valence-corrected chi connectivity index (χ2v) is 9.74. The second kappa shape index (κ2) is 7.11. The van der Waals surface area contributed by atoms with Gasteiger partial charge in [-0.15, -0.1) is 0 Å². The van der Waals surface area contributed by atoms with Gasteiger partial charge in [0, 0.05) is 44.2 Å². The maximum atomic E-state index is 12.9. The third-order valence-corrected chi connectivity index (χ3v) is 7.63. The molecule has 0 unspecified atom stereocenters. The fraction of sp³-hybridized carbons (Fsp3) is 0.368. The van der Waals surface area contributed by atoms with Gasteiger partial charge in [0.2, 0.25) is 10.0 Å². The van der Waals surface area contributed by atoms with E-state index in [4.69, 9.17) is 0 Å². The Labute approximate surface area is 153 Å². The average molecular weight is 375 g/mol. The van der Waals surface area contributed by atoms with Gasteiger partial charge < -0.3 is 0 Å². The highest BCUT2D eigenvalue weighted by Gasteiger charge is 2.30. The number of hydrogen-bond donors (Lipinski definition) is 0. The van der Waals surface area contributed by atoms with Crippen LogP contribution in [0.15, 0.2) is 53.4 Å². The fourth-order valence-corrected chi connectivity index (χ4v) is 5.78. The summed E-state index contributed by atoms with van der Waals surface area (Å²) in [7, 11) is -3.44. The molecule has 0 atom stereocenters. The Kier molecular flexibility index (Phi) is 4.86. The summed E-state index contributed by atoms with van der Waals surface area (Å²) >= 11 is 2.00. The number of hydrogen-bond acceptors (Lipinski definition) is 4. The van der Waals surface area contributed by atoms with E-state index in [-0.39, 0.29) is 0 Å². The molecule has 4 nitrogen and oxygen atoms in total. The molecule has 0 N–H and O–H groups in total. The average Bonchev–Trinajstić information content (AvgIpc) is 3.08. The summed E-state index contributed by atoms with van der Waals surface area (Å²) in [6, 6.07) is 15.4. The van der Waals surface area contributed by atoms with Gasteiger partial charge in [0.05, 0.1) is 4.90 Å². The second-order valence-electron chi connectivity index (χ2n) is 6.57. The van der Waals surface area contributed by atoms with Gasteiger partial charge in [-0.3, -0.25) is 4.90 Å². The maximum Gasteiger partial charge on any atom is 0.243 e. The lowest BCUT2D eigenvalue weighted by Gasteiger charge is -2.26. The van der Waals surface area contributed by atoms with Crippen LogP contribution in [0.3, 0.4) is 0 Å². The number of fused-ring (bicyclic) bond motifs is 1. The summed E-state index contributed by atoms with van der Waals surface area (Å²) in [5, 5.41) is 0. The molecular weight excluding hydrogens is 352 g/mol. The van der Waals surface area contributed by atoms with Crippen molar-refractivity contribution >= 4 is 21.8 Å². The van der Waals surface area contributed by atoms with Crippen molar-refractivity contribution < 1.29 is 8.42 Å². The standard InChI is InChI=1S/C19H22N2O2S2/c22-25(23,21-14-17-3-1-2-4-18(17)15-21)19-7-5-16(6-8-19)13-20-9-11-24-12-10-20/h1-8H,9-15H2. The molecular formula is C19H22N2O2S2. The molecule has 132 valence electrons. The van der Waals surface area contributed by atoms with Crippen molar-refractivity contribution in [1.82, 2.24) is 9.21 Å². The van der Waals surface area contributed by atoms with Crippen molar-refractivity contribution in [3.63, 3.8) is 0 Å². The molecule has 1 fully saturated rings. The van der Waals surface area contributed by atoms with Gasteiger partial charge in [-0.05, 0) is 28.8 Å². The van der Waals surface area contributed by atoms with E-state index in [1.165, 1.54) is 17.1 Å². The van der Waals surface area contributed by atoms with Crippen LogP contribution in [0.1, 0.15) is 16.7 Å². The summed E-state index contributed by atoms with van der Waals surface area (Å²) in [5.74, 6) is 2.37. The first-order valence-electron chi connectivity index (χ1n) is 8.59. The van der Waals surface area contributed by atoms with E-state index in [1.54, 1.807) is 16.4 Å². The number of sulfonamides is 1. The highest BCUT2D eigenvalue weighted by atomic mass is 32.2. The van der Waals surface area contributed by atoms with Gasteiger partial charge in [0.25, 0.3) is 0 Å². The lowest BCUT2D eigenvalue weighted by molar-refractivity contribution is 0.294. The van der Waals surface area contributed by atoms with E-state index < -0.39 is 10.0 Å². The molecule has 0 amide bonds. The topological polar surface area (TPSA) is 40.6 Å². The molecule has 2 aliphatic heterocycles. The molecule has 4 rings (SSSR count). The SMILES string of the molecule is O=S(=O)(c1ccc(CN2CCSCC2)cc1)N1Cc2ccccc2C1. The first-order valence-corrected chi connectivity index (χ1v) is 11.2. The zero-order chi connectivity index (χ0) is 17.3. The first-order chi connectivity index (χ1) is 12.1. The van der Waals surface area contributed by atoms with Crippen molar-refractivity contribution in [1.29, 1.82) is 0 Å². The number of rotatable bonds is 4. The van der Waals surface area contributed by atoms with Crippen LogP contribution in [-0.2, 0) is 29.7 Å². The fourth-order valence-electron chi connectivity index (χ4n) is 3.41. The van der Waals surface area contributed by atoms with E-state index in [9.17, 15) is 8.42 Å². The van der Waals surface area contributed by atoms with Crippen LogP contribution in [0.25, 0.3) is 0 Å². The van der Waals surface area contributed by atoms with E-state index in [0.29, 0.717) is 18.0 Å². The van der Waals surface area contributed by atoms with Crippen molar-refractivity contribution in [2.45, 2.75) is 24.5 Å². The minimum atomic E-state index is -3.44. The van der Waals surface area contributed by atoms with Gasteiger partial charge in [-0.1, -0.05) is 36.4 Å². The highest BCUT2D eigenvalue weighted by molar-refractivity contribution is 7.99. The zero-order valence-corrected chi connectivity index (χ0v) is 15.7. The lowest BCUT2D eigenvalue weighted by Crippen LogP contribution is -2.32. The van der Waals surface area contributed by atoms with E-state index in [0.717, 1.165) is 30.8 Å². The van der Waals surface area contributed by atoms with Crippen LogP contribution < -0.4 is 0 Å². The highest BCUT2D eigenvalue weighted by Crippen LogP contribution is 2.28. The Bertz CT molecular complexity index is 819. The Balaban J connectivity index is 1.48. The van der Waals surface area contributed by atoms with Gasteiger partial charge in [-0.2, -0.15) is 16.1 Å². The summed E-state index contributed by atoms with van der Waals surface area (Å²) in [6.45, 7) is 4.04. The molecule has 0 radical (unpaired) electrons. The molecule has 2 aromatic carbocycles. The normalized spacial score (nSPS) is 19.0. The molecule has 0 aliphatic carbocycles. The molecule has 2 aliphatic rings. The molecule has 0 bridgehead atoms. The molecule has 0 spiro atoms. The molecule has 6 heteroatoms. The molecule has 25 heavy (non-hydrogen) atoms. The van der Waals surface area contributed by atoms with Crippen LogP contribution in [0.4, 0.5) is 0 Å².